The minimum atomic E-state index is 0. The Balaban J connectivity index is 0.00000200. The molecule has 0 aromatic heterocycles. The highest BCUT2D eigenvalue weighted by atomic mass is 127. The Kier molecular flexibility index (Phi) is 6.57. The minimum absolute atomic E-state index is 0. The molecule has 0 radical (unpaired) electrons. The van der Waals surface area contributed by atoms with Crippen LogP contribution in [0.5, 0.6) is 5.75 Å². The fourth-order valence-corrected chi connectivity index (χ4v) is 1.98. The quantitative estimate of drug-likeness (QED) is 0.485. The summed E-state index contributed by atoms with van der Waals surface area (Å²) in [5, 5.41) is 8.62. The van der Waals surface area contributed by atoms with Gasteiger partial charge in [-0.3, -0.25) is 4.99 Å². The molecule has 2 aromatic rings. The van der Waals surface area contributed by atoms with E-state index in [-0.39, 0.29) is 24.0 Å². The van der Waals surface area contributed by atoms with Gasteiger partial charge in [-0.1, -0.05) is 18.2 Å². The predicted molar refractivity (Wildman–Crippen MR) is 95.2 cm³/mol. The molecule has 0 spiro atoms. The van der Waals surface area contributed by atoms with E-state index in [2.05, 4.69) is 39.9 Å². The van der Waals surface area contributed by atoms with Crippen molar-refractivity contribution in [3.8, 4) is 5.75 Å². The lowest BCUT2D eigenvalue weighted by molar-refractivity contribution is 0.415. The number of fused-ring (bicyclic) bond motifs is 1. The molecule has 4 nitrogen and oxygen atoms in total. The minimum Gasteiger partial charge on any atom is -0.497 e. The molecule has 20 heavy (non-hydrogen) atoms. The summed E-state index contributed by atoms with van der Waals surface area (Å²) in [6.45, 7) is 0.746. The van der Waals surface area contributed by atoms with E-state index in [4.69, 9.17) is 4.74 Å². The third-order valence-corrected chi connectivity index (χ3v) is 3.03. The first-order valence-corrected chi connectivity index (χ1v) is 6.22. The molecular formula is C15H20IN3O. The van der Waals surface area contributed by atoms with E-state index >= 15 is 0 Å². The summed E-state index contributed by atoms with van der Waals surface area (Å²) in [7, 11) is 5.29. The number of ether oxygens (including phenoxy) is 1. The summed E-state index contributed by atoms with van der Waals surface area (Å²) in [5.41, 5.74) is 1.22. The Morgan fingerprint density at radius 1 is 1.15 bits per heavy atom. The van der Waals surface area contributed by atoms with Crippen LogP contribution in [0.1, 0.15) is 5.56 Å². The Morgan fingerprint density at radius 2 is 1.85 bits per heavy atom. The Labute approximate surface area is 136 Å². The van der Waals surface area contributed by atoms with Crippen molar-refractivity contribution in [2.75, 3.05) is 21.2 Å². The maximum atomic E-state index is 5.22. The van der Waals surface area contributed by atoms with Gasteiger partial charge in [0.15, 0.2) is 5.96 Å². The van der Waals surface area contributed by atoms with Gasteiger partial charge in [-0.15, -0.1) is 24.0 Å². The first kappa shape index (κ1) is 16.6. The van der Waals surface area contributed by atoms with Gasteiger partial charge in [0.05, 0.1) is 7.11 Å². The van der Waals surface area contributed by atoms with Crippen molar-refractivity contribution in [1.82, 2.24) is 10.6 Å². The third-order valence-electron chi connectivity index (χ3n) is 3.03. The molecule has 0 bridgehead atoms. The molecule has 2 rings (SSSR count). The zero-order chi connectivity index (χ0) is 13.7. The van der Waals surface area contributed by atoms with Crippen LogP contribution in [0.3, 0.4) is 0 Å². The number of hydrogen-bond donors (Lipinski definition) is 2. The van der Waals surface area contributed by atoms with Gasteiger partial charge in [0.2, 0.25) is 0 Å². The zero-order valence-electron chi connectivity index (χ0n) is 11.9. The van der Waals surface area contributed by atoms with E-state index in [9.17, 15) is 0 Å². The molecule has 0 aliphatic heterocycles. The van der Waals surface area contributed by atoms with E-state index in [0.717, 1.165) is 18.3 Å². The first-order valence-electron chi connectivity index (χ1n) is 6.22. The van der Waals surface area contributed by atoms with Crippen LogP contribution in [0.4, 0.5) is 0 Å². The van der Waals surface area contributed by atoms with Gasteiger partial charge in [0, 0.05) is 20.6 Å². The lowest BCUT2D eigenvalue weighted by Crippen LogP contribution is -2.34. The topological polar surface area (TPSA) is 45.7 Å². The summed E-state index contributed by atoms with van der Waals surface area (Å²) < 4.78 is 5.22. The van der Waals surface area contributed by atoms with Crippen LogP contribution in [0, 0.1) is 0 Å². The monoisotopic (exact) mass is 385 g/mol. The number of nitrogens with zero attached hydrogens (tertiary/aromatic N) is 1. The Bertz CT molecular complexity index is 599. The van der Waals surface area contributed by atoms with Crippen molar-refractivity contribution in [2.45, 2.75) is 6.54 Å². The number of guanidine groups is 1. The molecule has 0 heterocycles. The molecule has 0 fully saturated rings. The number of hydrogen-bond acceptors (Lipinski definition) is 2. The largest absolute Gasteiger partial charge is 0.497 e. The van der Waals surface area contributed by atoms with Crippen molar-refractivity contribution >= 4 is 40.7 Å². The van der Waals surface area contributed by atoms with E-state index in [1.54, 1.807) is 14.2 Å². The van der Waals surface area contributed by atoms with Crippen LogP contribution in [0.15, 0.2) is 41.4 Å². The molecule has 0 atom stereocenters. The Morgan fingerprint density at radius 3 is 2.50 bits per heavy atom. The molecule has 108 valence electrons. The molecular weight excluding hydrogens is 365 g/mol. The highest BCUT2D eigenvalue weighted by Crippen LogP contribution is 2.21. The summed E-state index contributed by atoms with van der Waals surface area (Å²) in [5.74, 6) is 1.67. The molecule has 0 saturated heterocycles. The van der Waals surface area contributed by atoms with Crippen molar-refractivity contribution in [3.63, 3.8) is 0 Å². The average molecular weight is 385 g/mol. The fraction of sp³-hybridized carbons (Fsp3) is 0.267. The highest BCUT2D eigenvalue weighted by molar-refractivity contribution is 14.0. The number of halogens is 1. The van der Waals surface area contributed by atoms with Crippen LogP contribution in [0.25, 0.3) is 10.8 Å². The second-order valence-electron chi connectivity index (χ2n) is 4.22. The standard InChI is InChI=1S/C15H19N3O.HI/c1-16-15(17-2)18-10-11-4-5-13-9-14(19-3)7-6-12(13)8-11;/h4-9H,10H2,1-3H3,(H2,16,17,18);1H. The van der Waals surface area contributed by atoms with Crippen LogP contribution in [-0.2, 0) is 6.54 Å². The average Bonchev–Trinajstić information content (AvgIpc) is 2.47. The van der Waals surface area contributed by atoms with Gasteiger partial charge < -0.3 is 15.4 Å². The second kappa shape index (κ2) is 7.94. The van der Waals surface area contributed by atoms with E-state index in [1.165, 1.54) is 16.3 Å². The number of methoxy groups -OCH3 is 1. The molecule has 0 saturated carbocycles. The maximum absolute atomic E-state index is 5.22. The number of benzene rings is 2. The third kappa shape index (κ3) is 4.00. The number of rotatable bonds is 3. The molecule has 0 unspecified atom stereocenters. The normalized spacial score (nSPS) is 10.8. The molecule has 0 aliphatic rings. The molecule has 0 aliphatic carbocycles. The first-order chi connectivity index (χ1) is 9.26. The van der Waals surface area contributed by atoms with Gasteiger partial charge in [-0.2, -0.15) is 0 Å². The van der Waals surface area contributed by atoms with E-state index < -0.39 is 0 Å². The number of nitrogens with one attached hydrogen (secondary N) is 2. The fourth-order valence-electron chi connectivity index (χ4n) is 1.98. The Hall–Kier alpha value is -1.50. The molecule has 2 aromatic carbocycles. The van der Waals surface area contributed by atoms with Crippen molar-refractivity contribution in [2.24, 2.45) is 4.99 Å². The van der Waals surface area contributed by atoms with Gasteiger partial charge in [0.1, 0.15) is 5.75 Å². The van der Waals surface area contributed by atoms with E-state index in [1.807, 2.05) is 19.2 Å². The van der Waals surface area contributed by atoms with Crippen molar-refractivity contribution in [3.05, 3.63) is 42.0 Å². The van der Waals surface area contributed by atoms with Crippen molar-refractivity contribution in [1.29, 1.82) is 0 Å². The van der Waals surface area contributed by atoms with Crippen LogP contribution in [0.2, 0.25) is 0 Å². The molecule has 0 amide bonds. The summed E-state index contributed by atoms with van der Waals surface area (Å²) in [4.78, 5) is 4.08. The summed E-state index contributed by atoms with van der Waals surface area (Å²) in [6, 6.07) is 12.5. The van der Waals surface area contributed by atoms with E-state index in [0.29, 0.717) is 0 Å². The van der Waals surface area contributed by atoms with Crippen molar-refractivity contribution < 1.29 is 4.74 Å². The van der Waals surface area contributed by atoms with Gasteiger partial charge in [-0.05, 0) is 34.5 Å². The lowest BCUT2D eigenvalue weighted by Gasteiger charge is -2.09. The summed E-state index contributed by atoms with van der Waals surface area (Å²) in [6.07, 6.45) is 0. The number of aliphatic imine (C=N–C) groups is 1. The molecule has 2 N–H and O–H groups in total. The van der Waals surface area contributed by atoms with Crippen LogP contribution < -0.4 is 15.4 Å². The van der Waals surface area contributed by atoms with Crippen LogP contribution >= 0.6 is 24.0 Å². The van der Waals surface area contributed by atoms with Crippen LogP contribution in [-0.4, -0.2) is 27.2 Å². The van der Waals surface area contributed by atoms with Gasteiger partial charge in [0.25, 0.3) is 0 Å². The SMILES string of the molecule is CN=C(NC)NCc1ccc2cc(OC)ccc2c1.I. The summed E-state index contributed by atoms with van der Waals surface area (Å²) >= 11 is 0. The van der Waals surface area contributed by atoms with Gasteiger partial charge in [-0.25, -0.2) is 0 Å². The van der Waals surface area contributed by atoms with Gasteiger partial charge >= 0.3 is 0 Å². The molecule has 5 heteroatoms. The lowest BCUT2D eigenvalue weighted by atomic mass is 10.1. The zero-order valence-corrected chi connectivity index (χ0v) is 14.3. The highest BCUT2D eigenvalue weighted by Gasteiger charge is 2.00. The smallest absolute Gasteiger partial charge is 0.190 e. The predicted octanol–water partition coefficient (Wildman–Crippen LogP) is 2.76. The maximum Gasteiger partial charge on any atom is 0.190 e. The second-order valence-corrected chi connectivity index (χ2v) is 4.22.